The summed E-state index contributed by atoms with van der Waals surface area (Å²) in [5.41, 5.74) is 5.16. The van der Waals surface area contributed by atoms with Crippen LogP contribution in [0.25, 0.3) is 5.57 Å². The van der Waals surface area contributed by atoms with Gasteiger partial charge in [-0.05, 0) is 146 Å². The Balaban J connectivity index is 0.00000106. The number of piperazine rings is 1. The van der Waals surface area contributed by atoms with Crippen LogP contribution in [0.1, 0.15) is 147 Å². The number of rotatable bonds is 8. The third-order valence-corrected chi connectivity index (χ3v) is 16.8. The van der Waals surface area contributed by atoms with Crippen LogP contribution < -0.4 is 5.32 Å². The standard InChI is InChI=1S/C47H65N3O3.C3H6.C2H6.4C2H2/c1-32(33-10-7-6-8-11-33)42(51)50-30-28-49(29-31-50)27-26-48-47-22-9-12-39(47)36-17-18-41-45(4,38(36)20-25-47)24-21-40-44(2,3)37(19-23-46(40,41)5)34-13-15-35(16-14-34)43(52)53;1-3-2;5*1-2/h6-8,10-11,13-16,19,32,36,38-41,48H,9,12,17-18,20-31H2,1-5H3,(H,52,53);3H,1H2,2H3;1-2H3;4*1-2H/t32?,36-,38?,39?,40?,41?,45-,46-,47-;;;;;;/m0....../s1. The Morgan fingerprint density at radius 3 is 1.94 bits per heavy atom. The van der Waals surface area contributed by atoms with Crippen molar-refractivity contribution in [1.29, 1.82) is 0 Å². The fourth-order valence-electron chi connectivity index (χ4n) is 14.2. The molecule has 2 N–H and O–H groups in total. The second kappa shape index (κ2) is 26.4. The number of aromatic carboxylic acids is 1. The minimum atomic E-state index is -0.856. The number of benzene rings is 2. The van der Waals surface area contributed by atoms with E-state index in [1.54, 1.807) is 18.2 Å². The van der Waals surface area contributed by atoms with E-state index in [-0.39, 0.29) is 17.2 Å². The molecule has 4 saturated carbocycles. The summed E-state index contributed by atoms with van der Waals surface area (Å²) in [6.07, 6.45) is 49.7. The largest absolute Gasteiger partial charge is 0.478 e. The molecule has 0 spiro atoms. The molecule has 5 unspecified atom stereocenters. The number of carboxylic acid groups (broad SMARTS) is 1. The maximum atomic E-state index is 13.3. The summed E-state index contributed by atoms with van der Waals surface area (Å²) in [4.78, 5) is 29.5. The van der Waals surface area contributed by atoms with E-state index < -0.39 is 5.97 Å². The smallest absolute Gasteiger partial charge is 0.335 e. The second-order valence-electron chi connectivity index (χ2n) is 19.8. The van der Waals surface area contributed by atoms with Crippen LogP contribution >= 0.6 is 0 Å². The number of terminal acetylenes is 4. The molecular formula is C60H85N3O3. The molecule has 8 rings (SSSR count). The first-order valence-electron chi connectivity index (χ1n) is 24.5. The topological polar surface area (TPSA) is 72.9 Å². The van der Waals surface area contributed by atoms with Crippen molar-refractivity contribution in [3.8, 4) is 51.4 Å². The van der Waals surface area contributed by atoms with Crippen molar-refractivity contribution < 1.29 is 14.7 Å². The first kappa shape index (κ1) is 57.1. The lowest BCUT2D eigenvalue weighted by atomic mass is 9.37. The van der Waals surface area contributed by atoms with E-state index in [2.05, 4.69) is 126 Å². The number of carbonyl (C=O) groups excluding carboxylic acids is 1. The van der Waals surface area contributed by atoms with E-state index in [0.29, 0.717) is 27.9 Å². The number of carboxylic acids is 1. The number of nitrogens with zero attached hydrogens (tertiary/aromatic N) is 2. The minimum absolute atomic E-state index is 0.0514. The molecule has 6 aliphatic rings. The van der Waals surface area contributed by atoms with Gasteiger partial charge in [-0.2, -0.15) is 0 Å². The van der Waals surface area contributed by atoms with Gasteiger partial charge in [-0.1, -0.05) is 103 Å². The monoisotopic (exact) mass is 896 g/mol. The Hall–Kier alpha value is -4.98. The quantitative estimate of drug-likeness (QED) is 0.204. The molecule has 9 atom stereocenters. The summed E-state index contributed by atoms with van der Waals surface area (Å²) in [5, 5.41) is 13.7. The van der Waals surface area contributed by atoms with Crippen molar-refractivity contribution >= 4 is 17.4 Å². The van der Waals surface area contributed by atoms with E-state index in [4.69, 9.17) is 0 Å². The van der Waals surface area contributed by atoms with Crippen LogP contribution in [0.4, 0.5) is 0 Å². The molecule has 2 aromatic carbocycles. The molecule has 5 aliphatic carbocycles. The summed E-state index contributed by atoms with van der Waals surface area (Å²) in [7, 11) is 0. The molecule has 1 saturated heterocycles. The van der Waals surface area contributed by atoms with Crippen LogP contribution in [-0.4, -0.2) is 71.6 Å². The van der Waals surface area contributed by atoms with Gasteiger partial charge in [-0.15, -0.1) is 58.0 Å². The van der Waals surface area contributed by atoms with Gasteiger partial charge in [0, 0.05) is 44.8 Å². The Morgan fingerprint density at radius 1 is 0.773 bits per heavy atom. The van der Waals surface area contributed by atoms with Crippen molar-refractivity contribution in [1.82, 2.24) is 15.1 Å². The van der Waals surface area contributed by atoms with Crippen LogP contribution in [0.2, 0.25) is 0 Å². The maximum absolute atomic E-state index is 13.3. The predicted molar refractivity (Wildman–Crippen MR) is 280 cm³/mol. The normalized spacial score (nSPS) is 30.2. The Morgan fingerprint density at radius 2 is 1.36 bits per heavy atom. The molecule has 2 aromatic rings. The lowest BCUT2D eigenvalue weighted by Gasteiger charge is -2.68. The number of carbonyl (C=O) groups is 2. The Kier molecular flexibility index (Phi) is 22.8. The number of hydrogen-bond donors (Lipinski definition) is 2. The molecule has 0 bridgehead atoms. The summed E-state index contributed by atoms with van der Waals surface area (Å²) >= 11 is 0. The van der Waals surface area contributed by atoms with Gasteiger partial charge in [0.2, 0.25) is 5.91 Å². The van der Waals surface area contributed by atoms with Crippen molar-refractivity contribution in [3.05, 3.63) is 90.0 Å². The zero-order chi connectivity index (χ0) is 49.9. The molecular weight excluding hydrogens is 811 g/mol. The highest BCUT2D eigenvalue weighted by molar-refractivity contribution is 5.88. The van der Waals surface area contributed by atoms with Crippen LogP contribution in [0.3, 0.4) is 0 Å². The summed E-state index contributed by atoms with van der Waals surface area (Å²) in [5.74, 6) is 3.20. The summed E-state index contributed by atoms with van der Waals surface area (Å²) in [6.45, 7) is 27.4. The molecule has 1 heterocycles. The first-order valence-corrected chi connectivity index (χ1v) is 24.5. The lowest BCUT2D eigenvalue weighted by molar-refractivity contribution is -0.172. The highest BCUT2D eigenvalue weighted by Crippen LogP contribution is 2.72. The molecule has 5 fully saturated rings. The van der Waals surface area contributed by atoms with Crippen molar-refractivity contribution in [2.45, 2.75) is 131 Å². The summed E-state index contributed by atoms with van der Waals surface area (Å²) in [6, 6.07) is 17.9. The molecule has 6 nitrogen and oxygen atoms in total. The van der Waals surface area contributed by atoms with E-state index in [9.17, 15) is 14.7 Å². The minimum Gasteiger partial charge on any atom is -0.478 e. The van der Waals surface area contributed by atoms with Gasteiger partial charge in [0.1, 0.15) is 0 Å². The molecule has 6 heteroatoms. The van der Waals surface area contributed by atoms with E-state index in [1.807, 2.05) is 51.1 Å². The van der Waals surface area contributed by atoms with Crippen molar-refractivity contribution in [3.63, 3.8) is 0 Å². The Bertz CT molecular complexity index is 1910. The molecule has 66 heavy (non-hydrogen) atoms. The molecule has 0 radical (unpaired) electrons. The van der Waals surface area contributed by atoms with Gasteiger partial charge in [-0.25, -0.2) is 4.79 Å². The fourth-order valence-corrected chi connectivity index (χ4v) is 14.2. The average molecular weight is 896 g/mol. The predicted octanol–water partition coefficient (Wildman–Crippen LogP) is 12.3. The number of fused-ring (bicyclic) bond motifs is 7. The van der Waals surface area contributed by atoms with Gasteiger partial charge in [0.05, 0.1) is 11.5 Å². The molecule has 1 amide bonds. The average Bonchev–Trinajstić information content (AvgIpc) is 3.79. The number of amides is 1. The van der Waals surface area contributed by atoms with E-state index >= 15 is 0 Å². The number of allylic oxidation sites excluding steroid dienone is 3. The van der Waals surface area contributed by atoms with Crippen LogP contribution in [0, 0.1) is 97.2 Å². The zero-order valence-electron chi connectivity index (χ0n) is 42.1. The molecule has 0 aromatic heterocycles. The molecule has 1 aliphatic heterocycles. The highest BCUT2D eigenvalue weighted by atomic mass is 16.4. The third kappa shape index (κ3) is 11.8. The van der Waals surface area contributed by atoms with Gasteiger partial charge in [0.15, 0.2) is 0 Å². The van der Waals surface area contributed by atoms with Gasteiger partial charge < -0.3 is 15.3 Å². The second-order valence-corrected chi connectivity index (χ2v) is 19.8. The first-order chi connectivity index (χ1) is 31.8. The van der Waals surface area contributed by atoms with Gasteiger partial charge in [-0.3, -0.25) is 9.69 Å². The van der Waals surface area contributed by atoms with Crippen molar-refractivity contribution in [2.75, 3.05) is 39.3 Å². The Labute approximate surface area is 403 Å². The molecule has 358 valence electrons. The van der Waals surface area contributed by atoms with Crippen LogP contribution in [-0.2, 0) is 4.79 Å². The maximum Gasteiger partial charge on any atom is 0.335 e. The van der Waals surface area contributed by atoms with Gasteiger partial charge >= 0.3 is 5.97 Å². The van der Waals surface area contributed by atoms with E-state index in [0.717, 1.165) is 74.9 Å². The summed E-state index contributed by atoms with van der Waals surface area (Å²) < 4.78 is 0. The fraction of sp³-hybridized carbons (Fsp3) is 0.567. The number of nitrogens with one attached hydrogen (secondary N) is 1. The third-order valence-electron chi connectivity index (χ3n) is 16.8. The highest BCUT2D eigenvalue weighted by Gasteiger charge is 2.65. The zero-order valence-corrected chi connectivity index (χ0v) is 42.1. The number of hydrogen-bond acceptors (Lipinski definition) is 4. The lowest BCUT2D eigenvalue weighted by Crippen LogP contribution is -2.64. The van der Waals surface area contributed by atoms with Crippen molar-refractivity contribution in [2.24, 2.45) is 45.8 Å². The SMILES string of the molecule is C#C.C#C.C#C.C#C.C=CC.CC.CC(C(=O)N1CCN(CCN[C@]23CCCC2[C@H]2CCC4[C@@](C)(CCC5C(C)(C)C(c6ccc(C(=O)O)cc6)=CC[C@@]54C)C2CC3)CC1)c1ccccc1. The van der Waals surface area contributed by atoms with Gasteiger partial charge in [0.25, 0.3) is 0 Å². The van der Waals surface area contributed by atoms with Crippen LogP contribution in [0.5, 0.6) is 0 Å². The van der Waals surface area contributed by atoms with Crippen LogP contribution in [0.15, 0.2) is 73.3 Å². The van der Waals surface area contributed by atoms with E-state index in [1.165, 1.54) is 68.9 Å².